The smallest absolute Gasteiger partial charge is 0.272 e. The number of para-hydroxylation sites is 2. The Morgan fingerprint density at radius 2 is 1.37 bits per heavy atom. The van der Waals surface area contributed by atoms with Crippen LogP contribution in [-0.4, -0.2) is 37.2 Å². The first-order valence-electron chi connectivity index (χ1n) is 15.4. The predicted octanol–water partition coefficient (Wildman–Crippen LogP) is 8.42. The molecule has 0 saturated heterocycles. The van der Waals surface area contributed by atoms with Gasteiger partial charge in [-0.1, -0.05) is 60.3 Å². The SMILES string of the molecule is COc1ccc(/C=C(\NC(=O)c2ccccc2)C(=O)Nc2ccc(SC(C)C(=O)N3c4ccccc4Sc4ccccc43)cc2)cc1OC. The highest BCUT2D eigenvalue weighted by Crippen LogP contribution is 2.48. The summed E-state index contributed by atoms with van der Waals surface area (Å²) in [5.41, 5.74) is 3.35. The van der Waals surface area contributed by atoms with E-state index >= 15 is 0 Å². The molecule has 246 valence electrons. The van der Waals surface area contributed by atoms with Gasteiger partial charge in [0.25, 0.3) is 11.8 Å². The number of fused-ring (bicyclic) bond motifs is 2. The zero-order valence-corrected chi connectivity index (χ0v) is 28.6. The summed E-state index contributed by atoms with van der Waals surface area (Å²) in [4.78, 5) is 45.3. The molecular weight excluding hydrogens is 655 g/mol. The molecule has 8 nitrogen and oxygen atoms in total. The third-order valence-electron chi connectivity index (χ3n) is 7.67. The molecule has 0 saturated carbocycles. The second-order valence-corrected chi connectivity index (χ2v) is 13.4. The first-order chi connectivity index (χ1) is 23.8. The van der Waals surface area contributed by atoms with Crippen LogP contribution in [0.5, 0.6) is 11.5 Å². The van der Waals surface area contributed by atoms with Crippen molar-refractivity contribution in [3.05, 3.63) is 138 Å². The number of amides is 3. The fraction of sp³-hybridized carbons (Fsp3) is 0.103. The summed E-state index contributed by atoms with van der Waals surface area (Å²) in [6.45, 7) is 1.90. The predicted molar refractivity (Wildman–Crippen MR) is 196 cm³/mol. The summed E-state index contributed by atoms with van der Waals surface area (Å²) < 4.78 is 10.7. The number of nitrogens with zero attached hydrogens (tertiary/aromatic N) is 1. The highest BCUT2D eigenvalue weighted by Gasteiger charge is 2.31. The van der Waals surface area contributed by atoms with Gasteiger partial charge in [-0.15, -0.1) is 11.8 Å². The number of anilines is 3. The van der Waals surface area contributed by atoms with E-state index in [2.05, 4.69) is 10.6 Å². The second-order valence-electron chi connectivity index (χ2n) is 10.9. The van der Waals surface area contributed by atoms with Crippen molar-refractivity contribution in [2.24, 2.45) is 0 Å². The number of rotatable bonds is 10. The molecule has 3 amide bonds. The van der Waals surface area contributed by atoms with Crippen molar-refractivity contribution >= 4 is 64.4 Å². The maximum absolute atomic E-state index is 13.9. The minimum Gasteiger partial charge on any atom is -0.493 e. The van der Waals surface area contributed by atoms with E-state index in [9.17, 15) is 14.4 Å². The lowest BCUT2D eigenvalue weighted by Crippen LogP contribution is -2.34. The quantitative estimate of drug-likeness (QED) is 0.112. The first-order valence-corrected chi connectivity index (χ1v) is 17.1. The van der Waals surface area contributed by atoms with Crippen LogP contribution >= 0.6 is 23.5 Å². The highest BCUT2D eigenvalue weighted by molar-refractivity contribution is 8.00. The van der Waals surface area contributed by atoms with Crippen LogP contribution in [0.15, 0.2) is 142 Å². The van der Waals surface area contributed by atoms with E-state index < -0.39 is 17.1 Å². The Hall–Kier alpha value is -5.45. The third-order valence-corrected chi connectivity index (χ3v) is 9.90. The number of ether oxygens (including phenoxy) is 2. The first kappa shape index (κ1) is 33.5. The topological polar surface area (TPSA) is 97.0 Å². The molecule has 5 aromatic carbocycles. The van der Waals surface area contributed by atoms with Crippen molar-refractivity contribution in [2.45, 2.75) is 26.9 Å². The van der Waals surface area contributed by atoms with Gasteiger partial charge in [-0.25, -0.2) is 0 Å². The largest absolute Gasteiger partial charge is 0.493 e. The number of nitrogens with one attached hydrogen (secondary N) is 2. The number of methoxy groups -OCH3 is 2. The van der Waals surface area contributed by atoms with E-state index in [0.29, 0.717) is 28.3 Å². The van der Waals surface area contributed by atoms with Gasteiger partial charge in [-0.05, 0) is 91.4 Å². The molecular formula is C39H33N3O5S2. The molecule has 0 spiro atoms. The maximum atomic E-state index is 13.9. The van der Waals surface area contributed by atoms with Gasteiger partial charge in [-0.3, -0.25) is 19.3 Å². The van der Waals surface area contributed by atoms with Gasteiger partial charge >= 0.3 is 0 Å². The maximum Gasteiger partial charge on any atom is 0.272 e. The average Bonchev–Trinajstić information content (AvgIpc) is 3.14. The molecule has 1 unspecified atom stereocenters. The van der Waals surface area contributed by atoms with E-state index in [1.165, 1.54) is 18.9 Å². The Morgan fingerprint density at radius 3 is 2.00 bits per heavy atom. The highest BCUT2D eigenvalue weighted by atomic mass is 32.2. The van der Waals surface area contributed by atoms with Crippen LogP contribution in [0, 0.1) is 0 Å². The summed E-state index contributed by atoms with van der Waals surface area (Å²) in [6.07, 6.45) is 1.57. The molecule has 0 bridgehead atoms. The summed E-state index contributed by atoms with van der Waals surface area (Å²) >= 11 is 3.10. The molecule has 0 radical (unpaired) electrons. The van der Waals surface area contributed by atoms with Crippen molar-refractivity contribution in [3.8, 4) is 11.5 Å². The van der Waals surface area contributed by atoms with Crippen LogP contribution in [0.1, 0.15) is 22.8 Å². The lowest BCUT2D eigenvalue weighted by Gasteiger charge is -2.32. The summed E-state index contributed by atoms with van der Waals surface area (Å²) in [5, 5.41) is 5.24. The van der Waals surface area contributed by atoms with Crippen LogP contribution in [0.25, 0.3) is 6.08 Å². The Balaban J connectivity index is 1.18. The van der Waals surface area contributed by atoms with Gasteiger partial charge in [0.1, 0.15) is 5.70 Å². The summed E-state index contributed by atoms with van der Waals surface area (Å²) in [7, 11) is 3.07. The van der Waals surface area contributed by atoms with Crippen LogP contribution in [0.2, 0.25) is 0 Å². The molecule has 2 N–H and O–H groups in total. The van der Waals surface area contributed by atoms with Crippen molar-refractivity contribution in [2.75, 3.05) is 24.4 Å². The monoisotopic (exact) mass is 687 g/mol. The zero-order chi connectivity index (χ0) is 34.3. The normalized spacial score (nSPS) is 12.6. The number of hydrogen-bond acceptors (Lipinski definition) is 7. The van der Waals surface area contributed by atoms with E-state index in [4.69, 9.17) is 9.47 Å². The van der Waals surface area contributed by atoms with Crippen LogP contribution in [0.4, 0.5) is 17.1 Å². The van der Waals surface area contributed by atoms with Crippen LogP contribution < -0.4 is 25.0 Å². The molecule has 5 aromatic rings. The average molecular weight is 688 g/mol. The molecule has 49 heavy (non-hydrogen) atoms. The van der Waals surface area contributed by atoms with E-state index in [1.807, 2.05) is 78.6 Å². The van der Waals surface area contributed by atoms with Gasteiger partial charge < -0.3 is 20.1 Å². The number of benzene rings is 5. The Morgan fingerprint density at radius 1 is 0.755 bits per heavy atom. The fourth-order valence-corrected chi connectivity index (χ4v) is 7.21. The van der Waals surface area contributed by atoms with Crippen molar-refractivity contribution in [1.82, 2.24) is 5.32 Å². The number of carbonyl (C=O) groups excluding carboxylic acids is 3. The van der Waals surface area contributed by atoms with Gasteiger partial charge in [0.05, 0.1) is 30.8 Å². The minimum absolute atomic E-state index is 0.0262. The standard InChI is InChI=1S/C39H33N3O5S2/c1-25(39(45)42-31-13-7-9-15-35(31)49-36-16-10-8-14-32(36)42)48-29-20-18-28(19-21-29)40-38(44)30(41-37(43)27-11-5-4-6-12-27)23-26-17-22-33(46-2)34(24-26)47-3/h4-25H,1-3H3,(H,40,44)(H,41,43)/b30-23-. The van der Waals surface area contributed by atoms with Gasteiger partial charge in [-0.2, -0.15) is 0 Å². The van der Waals surface area contributed by atoms with Crippen molar-refractivity contribution < 1.29 is 23.9 Å². The minimum atomic E-state index is -0.511. The van der Waals surface area contributed by atoms with E-state index in [0.717, 1.165) is 26.1 Å². The Labute approximate surface area is 293 Å². The van der Waals surface area contributed by atoms with Gasteiger partial charge in [0.2, 0.25) is 5.91 Å². The third kappa shape index (κ3) is 7.66. The molecule has 0 aromatic heterocycles. The Bertz CT molecular complexity index is 1990. The molecule has 6 rings (SSSR count). The van der Waals surface area contributed by atoms with Gasteiger partial charge in [0.15, 0.2) is 11.5 Å². The molecule has 0 aliphatic carbocycles. The van der Waals surface area contributed by atoms with Crippen molar-refractivity contribution in [3.63, 3.8) is 0 Å². The second kappa shape index (κ2) is 15.2. The van der Waals surface area contributed by atoms with Gasteiger partial charge in [0, 0.05) is 25.9 Å². The zero-order valence-electron chi connectivity index (χ0n) is 27.0. The van der Waals surface area contributed by atoms with Crippen molar-refractivity contribution in [1.29, 1.82) is 0 Å². The molecule has 1 heterocycles. The molecule has 1 aliphatic rings. The molecule has 1 aliphatic heterocycles. The summed E-state index contributed by atoms with van der Waals surface area (Å²) in [6, 6.07) is 37.0. The number of thioether (sulfide) groups is 1. The molecule has 0 fully saturated rings. The summed E-state index contributed by atoms with van der Waals surface area (Å²) in [5.74, 6) is 0.0618. The van der Waals surface area contributed by atoms with E-state index in [1.54, 1.807) is 79.5 Å². The van der Waals surface area contributed by atoms with E-state index in [-0.39, 0.29) is 11.6 Å². The number of hydrogen-bond donors (Lipinski definition) is 2. The Kier molecular flexibility index (Phi) is 10.4. The van der Waals surface area contributed by atoms with Crippen LogP contribution in [0.3, 0.4) is 0 Å². The lowest BCUT2D eigenvalue weighted by molar-refractivity contribution is -0.117. The number of carbonyl (C=O) groups is 3. The molecule has 1 atom stereocenters. The lowest BCUT2D eigenvalue weighted by atomic mass is 10.1. The fourth-order valence-electron chi connectivity index (χ4n) is 5.25. The molecule has 10 heteroatoms. The van der Waals surface area contributed by atoms with Crippen LogP contribution in [-0.2, 0) is 9.59 Å².